The largest absolute Gasteiger partial charge is 0.380 e. The first-order chi connectivity index (χ1) is 24.9. The lowest BCUT2D eigenvalue weighted by atomic mass is 9.49. The van der Waals surface area contributed by atoms with E-state index in [0.717, 1.165) is 36.9 Å². The van der Waals surface area contributed by atoms with E-state index in [1.807, 2.05) is 0 Å². The van der Waals surface area contributed by atoms with E-state index in [-0.39, 0.29) is 10.8 Å². The Bertz CT molecular complexity index is 1020. The Hall–Kier alpha value is -1.08. The molecule has 0 aliphatic heterocycles. The maximum Gasteiger partial charge on any atom is 0.0563 e. The molecule has 0 spiro atoms. The standard InChI is InChI=1S/C50H82O/c1-5-7-11-17-41-19-23-45(24-20-41)49(31-13-9-14-32-49)47(3)35-27-43(28-36-47)39-51-40-44-29-37-48(4,38-30-44)50(33-15-10-16-34-50)46-25-21-42(22-26-46)18-12-8-6-2/h27-30,35-38,41-46H,5-26,31-34,39-40H2,1-4H3/t41-,42-,43-,44-,45-,46-,47-,48-. The lowest BCUT2D eigenvalue weighted by molar-refractivity contribution is -0.0161. The zero-order valence-electron chi connectivity index (χ0n) is 34.3. The normalized spacial score (nSPS) is 37.8. The van der Waals surface area contributed by atoms with Crippen molar-refractivity contribution < 1.29 is 4.74 Å². The molecule has 0 heterocycles. The minimum absolute atomic E-state index is 0.201. The molecule has 6 rings (SSSR count). The predicted molar refractivity (Wildman–Crippen MR) is 221 cm³/mol. The molecular weight excluding hydrogens is 617 g/mol. The van der Waals surface area contributed by atoms with Crippen molar-refractivity contribution in [3.63, 3.8) is 0 Å². The third kappa shape index (κ3) is 9.08. The molecule has 0 unspecified atom stereocenters. The van der Waals surface area contributed by atoms with E-state index in [0.29, 0.717) is 22.7 Å². The van der Waals surface area contributed by atoms with Gasteiger partial charge in [0.1, 0.15) is 0 Å². The van der Waals surface area contributed by atoms with Gasteiger partial charge < -0.3 is 4.74 Å². The van der Waals surface area contributed by atoms with Gasteiger partial charge in [0.2, 0.25) is 0 Å². The Kier molecular flexibility index (Phi) is 14.4. The van der Waals surface area contributed by atoms with Crippen molar-refractivity contribution >= 4 is 0 Å². The smallest absolute Gasteiger partial charge is 0.0563 e. The number of ether oxygens (including phenoxy) is 1. The molecule has 0 radical (unpaired) electrons. The summed E-state index contributed by atoms with van der Waals surface area (Å²) in [5, 5.41) is 0. The third-order valence-corrected chi connectivity index (χ3v) is 16.7. The molecule has 0 aromatic rings. The van der Waals surface area contributed by atoms with Gasteiger partial charge in [-0.1, -0.05) is 192 Å². The van der Waals surface area contributed by atoms with Crippen molar-refractivity contribution in [3.8, 4) is 0 Å². The van der Waals surface area contributed by atoms with E-state index in [1.54, 1.807) is 0 Å². The molecule has 0 atom stereocenters. The van der Waals surface area contributed by atoms with Gasteiger partial charge in [0, 0.05) is 22.7 Å². The molecule has 0 aromatic carbocycles. The van der Waals surface area contributed by atoms with Crippen molar-refractivity contribution in [2.75, 3.05) is 13.2 Å². The fourth-order valence-corrected chi connectivity index (χ4v) is 13.3. The fourth-order valence-electron chi connectivity index (χ4n) is 13.3. The number of hydrogen-bond acceptors (Lipinski definition) is 1. The van der Waals surface area contributed by atoms with Crippen molar-refractivity contribution in [2.45, 2.75) is 195 Å². The SMILES string of the molecule is CCCCC[C@H]1CC[C@H](C2([C@]3(C)C=C[C@@H](COC[C@H]4C=C[C@](C)(C5([C@H]6CC[C@H](CCCCC)CC6)CCCCC5)C=C4)C=C3)CCCCC2)CC1. The van der Waals surface area contributed by atoms with Gasteiger partial charge in [0.05, 0.1) is 13.2 Å². The van der Waals surface area contributed by atoms with Crippen molar-refractivity contribution in [2.24, 2.45) is 57.2 Å². The van der Waals surface area contributed by atoms with E-state index in [1.165, 1.54) is 167 Å². The molecule has 0 N–H and O–H groups in total. The monoisotopic (exact) mass is 699 g/mol. The summed E-state index contributed by atoms with van der Waals surface area (Å²) >= 11 is 0. The fraction of sp³-hybridized carbons (Fsp3) is 0.840. The van der Waals surface area contributed by atoms with Gasteiger partial charge in [0.25, 0.3) is 0 Å². The third-order valence-electron chi connectivity index (χ3n) is 16.7. The summed E-state index contributed by atoms with van der Waals surface area (Å²) in [6.07, 6.45) is 58.5. The molecule has 1 nitrogen and oxygen atoms in total. The van der Waals surface area contributed by atoms with Crippen LogP contribution in [0.2, 0.25) is 0 Å². The highest BCUT2D eigenvalue weighted by Crippen LogP contribution is 2.62. The van der Waals surface area contributed by atoms with Crippen LogP contribution in [0.15, 0.2) is 48.6 Å². The van der Waals surface area contributed by atoms with Crippen molar-refractivity contribution in [3.05, 3.63) is 48.6 Å². The van der Waals surface area contributed by atoms with Crippen LogP contribution >= 0.6 is 0 Å². The Morgan fingerprint density at radius 2 is 0.824 bits per heavy atom. The minimum Gasteiger partial charge on any atom is -0.380 e. The average Bonchev–Trinajstić information content (AvgIpc) is 3.18. The summed E-state index contributed by atoms with van der Waals surface area (Å²) in [6, 6.07) is 0. The van der Waals surface area contributed by atoms with E-state index < -0.39 is 0 Å². The van der Waals surface area contributed by atoms with Crippen molar-refractivity contribution in [1.82, 2.24) is 0 Å². The quantitative estimate of drug-likeness (QED) is 0.115. The molecule has 0 aromatic heterocycles. The summed E-state index contributed by atoms with van der Waals surface area (Å²) in [6.45, 7) is 11.5. The number of allylic oxidation sites excluding steroid dienone is 4. The highest BCUT2D eigenvalue weighted by molar-refractivity contribution is 5.27. The second-order valence-electron chi connectivity index (χ2n) is 19.7. The molecule has 51 heavy (non-hydrogen) atoms. The summed E-state index contributed by atoms with van der Waals surface area (Å²) in [5.74, 6) is 4.64. The number of rotatable bonds is 16. The van der Waals surface area contributed by atoms with Crippen LogP contribution in [-0.2, 0) is 4.74 Å². The van der Waals surface area contributed by atoms with Crippen LogP contribution in [0, 0.1) is 57.2 Å². The first-order valence-corrected chi connectivity index (χ1v) is 23.2. The molecule has 6 aliphatic rings. The Balaban J connectivity index is 0.998. The Morgan fingerprint density at radius 3 is 1.16 bits per heavy atom. The van der Waals surface area contributed by atoms with Gasteiger partial charge in [-0.3, -0.25) is 0 Å². The Morgan fingerprint density at radius 1 is 0.471 bits per heavy atom. The predicted octanol–water partition coefficient (Wildman–Crippen LogP) is 15.2. The number of hydrogen-bond donors (Lipinski definition) is 0. The molecule has 4 saturated carbocycles. The second kappa shape index (κ2) is 18.5. The van der Waals surface area contributed by atoms with Crippen LogP contribution in [0.5, 0.6) is 0 Å². The molecule has 1 heteroatoms. The van der Waals surface area contributed by atoms with Crippen LogP contribution in [0.1, 0.15) is 195 Å². The van der Waals surface area contributed by atoms with E-state index in [4.69, 9.17) is 4.74 Å². The van der Waals surface area contributed by atoms with E-state index in [2.05, 4.69) is 76.3 Å². The zero-order chi connectivity index (χ0) is 35.6. The molecular formula is C50H82O. The van der Waals surface area contributed by atoms with Gasteiger partial charge in [-0.2, -0.15) is 0 Å². The lowest BCUT2D eigenvalue weighted by Gasteiger charge is -2.56. The molecule has 0 saturated heterocycles. The van der Waals surface area contributed by atoms with Crippen molar-refractivity contribution in [1.29, 1.82) is 0 Å². The summed E-state index contributed by atoms with van der Waals surface area (Å²) < 4.78 is 6.52. The van der Waals surface area contributed by atoms with Gasteiger partial charge >= 0.3 is 0 Å². The van der Waals surface area contributed by atoms with Gasteiger partial charge in [-0.15, -0.1) is 0 Å². The minimum atomic E-state index is 0.201. The van der Waals surface area contributed by atoms with E-state index in [9.17, 15) is 0 Å². The second-order valence-corrected chi connectivity index (χ2v) is 19.7. The summed E-state index contributed by atoms with van der Waals surface area (Å²) in [4.78, 5) is 0. The molecule has 6 aliphatic carbocycles. The first-order valence-electron chi connectivity index (χ1n) is 23.2. The van der Waals surface area contributed by atoms with E-state index >= 15 is 0 Å². The zero-order valence-corrected chi connectivity index (χ0v) is 34.3. The molecule has 0 bridgehead atoms. The maximum atomic E-state index is 6.52. The van der Waals surface area contributed by atoms with Crippen LogP contribution in [0.25, 0.3) is 0 Å². The van der Waals surface area contributed by atoms with Gasteiger partial charge in [-0.25, -0.2) is 0 Å². The van der Waals surface area contributed by atoms with Crippen LogP contribution in [-0.4, -0.2) is 13.2 Å². The molecule has 0 amide bonds. The Labute approximate surface area is 317 Å². The highest BCUT2D eigenvalue weighted by Gasteiger charge is 2.53. The average molecular weight is 699 g/mol. The summed E-state index contributed by atoms with van der Waals surface area (Å²) in [7, 11) is 0. The summed E-state index contributed by atoms with van der Waals surface area (Å²) in [5.41, 5.74) is 1.33. The number of unbranched alkanes of at least 4 members (excludes halogenated alkanes) is 4. The topological polar surface area (TPSA) is 9.23 Å². The van der Waals surface area contributed by atoms with Gasteiger partial charge in [0.15, 0.2) is 0 Å². The van der Waals surface area contributed by atoms with Crippen LogP contribution < -0.4 is 0 Å². The van der Waals surface area contributed by atoms with Crippen LogP contribution in [0.3, 0.4) is 0 Å². The first kappa shape index (κ1) is 39.6. The van der Waals surface area contributed by atoms with Crippen LogP contribution in [0.4, 0.5) is 0 Å². The highest BCUT2D eigenvalue weighted by atomic mass is 16.5. The molecule has 288 valence electrons. The lowest BCUT2D eigenvalue weighted by Crippen LogP contribution is -2.47. The maximum absolute atomic E-state index is 6.52. The van der Waals surface area contributed by atoms with Gasteiger partial charge in [-0.05, 0) is 85.9 Å². The molecule has 4 fully saturated rings.